The van der Waals surface area contributed by atoms with Crippen LogP contribution >= 0.6 is 12.2 Å². The van der Waals surface area contributed by atoms with E-state index >= 15 is 0 Å². The van der Waals surface area contributed by atoms with Crippen LogP contribution in [0.2, 0.25) is 0 Å². The van der Waals surface area contributed by atoms with Crippen molar-refractivity contribution in [1.29, 1.82) is 0 Å². The monoisotopic (exact) mass is 244 g/mol. The van der Waals surface area contributed by atoms with E-state index in [1.54, 1.807) is 18.5 Å². The van der Waals surface area contributed by atoms with E-state index in [0.717, 1.165) is 12.1 Å². The Bertz CT molecular complexity index is 553. The molecule has 2 nitrogen and oxygen atoms in total. The molecule has 0 amide bonds. The van der Waals surface area contributed by atoms with Gasteiger partial charge < -0.3 is 4.98 Å². The topological polar surface area (TPSA) is 20.7 Å². The van der Waals surface area contributed by atoms with Gasteiger partial charge >= 0.3 is 6.18 Å². The van der Waals surface area contributed by atoms with Crippen LogP contribution in [0.5, 0.6) is 0 Å². The molecule has 1 heterocycles. The van der Waals surface area contributed by atoms with Crippen molar-refractivity contribution in [2.45, 2.75) is 6.18 Å². The number of rotatable bonds is 1. The Hall–Kier alpha value is -1.56. The van der Waals surface area contributed by atoms with Gasteiger partial charge in [0.2, 0.25) is 0 Å². The van der Waals surface area contributed by atoms with Crippen LogP contribution in [0.3, 0.4) is 0 Å². The fourth-order valence-corrected chi connectivity index (χ4v) is 1.59. The van der Waals surface area contributed by atoms with E-state index in [0.29, 0.717) is 10.5 Å². The molecule has 0 radical (unpaired) electrons. The molecule has 0 saturated heterocycles. The average molecular weight is 244 g/mol. The lowest BCUT2D eigenvalue weighted by atomic mass is 10.2. The molecular weight excluding hydrogens is 237 g/mol. The Morgan fingerprint density at radius 2 is 2.00 bits per heavy atom. The Labute approximate surface area is 94.3 Å². The van der Waals surface area contributed by atoms with Crippen molar-refractivity contribution >= 4 is 12.2 Å². The molecule has 2 rings (SSSR count). The van der Waals surface area contributed by atoms with Crippen LogP contribution in [0.4, 0.5) is 13.2 Å². The third-order valence-corrected chi connectivity index (χ3v) is 2.42. The highest BCUT2D eigenvalue weighted by atomic mass is 32.1. The van der Waals surface area contributed by atoms with Crippen molar-refractivity contribution in [3.05, 3.63) is 47.0 Å². The number of nitrogens with one attached hydrogen (secondary N) is 1. The molecule has 6 heteroatoms. The molecule has 1 aromatic heterocycles. The number of halogens is 3. The first-order valence-electron chi connectivity index (χ1n) is 4.42. The summed E-state index contributed by atoms with van der Waals surface area (Å²) in [5, 5.41) is 0. The van der Waals surface area contributed by atoms with Gasteiger partial charge in [0.05, 0.1) is 5.56 Å². The van der Waals surface area contributed by atoms with Crippen molar-refractivity contribution in [3.8, 4) is 5.69 Å². The van der Waals surface area contributed by atoms with Crippen molar-refractivity contribution in [2.24, 2.45) is 0 Å². The van der Waals surface area contributed by atoms with Crippen molar-refractivity contribution in [3.63, 3.8) is 0 Å². The molecule has 0 atom stereocenters. The van der Waals surface area contributed by atoms with E-state index in [4.69, 9.17) is 12.2 Å². The highest BCUT2D eigenvalue weighted by Crippen LogP contribution is 2.30. The number of hydrogen-bond acceptors (Lipinski definition) is 1. The minimum absolute atomic E-state index is 0.360. The predicted molar refractivity (Wildman–Crippen MR) is 56.0 cm³/mol. The van der Waals surface area contributed by atoms with Gasteiger partial charge in [-0.15, -0.1) is 0 Å². The molecule has 2 aromatic rings. The lowest BCUT2D eigenvalue weighted by Crippen LogP contribution is -2.05. The molecule has 0 bridgehead atoms. The largest absolute Gasteiger partial charge is 0.416 e. The lowest BCUT2D eigenvalue weighted by Gasteiger charge is -2.08. The number of aromatic nitrogens is 2. The van der Waals surface area contributed by atoms with Gasteiger partial charge in [-0.2, -0.15) is 13.2 Å². The van der Waals surface area contributed by atoms with Gasteiger partial charge in [-0.1, -0.05) is 6.07 Å². The summed E-state index contributed by atoms with van der Waals surface area (Å²) in [5.74, 6) is 0. The average Bonchev–Trinajstić information content (AvgIpc) is 2.63. The number of nitrogens with zero attached hydrogens (tertiary/aromatic N) is 1. The Morgan fingerprint density at radius 3 is 2.56 bits per heavy atom. The summed E-state index contributed by atoms with van der Waals surface area (Å²) in [6, 6.07) is 5.01. The SMILES string of the molecule is FC(F)(F)c1cccc(-n2cc[nH]c2=S)c1. The van der Waals surface area contributed by atoms with E-state index < -0.39 is 11.7 Å². The molecule has 0 unspecified atom stereocenters. The minimum Gasteiger partial charge on any atom is -0.337 e. The zero-order chi connectivity index (χ0) is 11.8. The molecule has 0 aliphatic carbocycles. The first-order valence-corrected chi connectivity index (χ1v) is 4.83. The van der Waals surface area contributed by atoms with Crippen LogP contribution in [0.15, 0.2) is 36.7 Å². The maximum Gasteiger partial charge on any atom is 0.416 e. The summed E-state index contributed by atoms with van der Waals surface area (Å²) in [5.41, 5.74) is -0.297. The molecule has 1 aromatic carbocycles. The Balaban J connectivity index is 2.53. The van der Waals surface area contributed by atoms with Crippen LogP contribution in [-0.4, -0.2) is 9.55 Å². The summed E-state index contributed by atoms with van der Waals surface area (Å²) >= 11 is 4.93. The van der Waals surface area contributed by atoms with Gasteiger partial charge in [-0.25, -0.2) is 0 Å². The molecule has 0 fully saturated rings. The third-order valence-electron chi connectivity index (χ3n) is 2.10. The number of alkyl halides is 3. The molecule has 0 saturated carbocycles. The predicted octanol–water partition coefficient (Wildman–Crippen LogP) is 3.55. The third kappa shape index (κ3) is 2.01. The number of imidazole rings is 1. The van der Waals surface area contributed by atoms with Crippen LogP contribution in [-0.2, 0) is 6.18 Å². The molecule has 0 spiro atoms. The summed E-state index contributed by atoms with van der Waals surface area (Å²) in [6.45, 7) is 0. The number of aromatic amines is 1. The zero-order valence-electron chi connectivity index (χ0n) is 7.95. The summed E-state index contributed by atoms with van der Waals surface area (Å²) in [7, 11) is 0. The molecule has 16 heavy (non-hydrogen) atoms. The van der Waals surface area contributed by atoms with Crippen molar-refractivity contribution in [2.75, 3.05) is 0 Å². The van der Waals surface area contributed by atoms with Gasteiger partial charge in [0.1, 0.15) is 0 Å². The van der Waals surface area contributed by atoms with Gasteiger partial charge in [-0.3, -0.25) is 4.57 Å². The zero-order valence-corrected chi connectivity index (χ0v) is 8.77. The second-order valence-electron chi connectivity index (χ2n) is 3.18. The molecule has 0 aliphatic heterocycles. The Kier molecular flexibility index (Phi) is 2.59. The molecular formula is C10H7F3N2S. The van der Waals surface area contributed by atoms with E-state index in [1.807, 2.05) is 0 Å². The van der Waals surface area contributed by atoms with Gasteiger partial charge in [0.25, 0.3) is 0 Å². The van der Waals surface area contributed by atoms with E-state index in [1.165, 1.54) is 10.6 Å². The number of benzene rings is 1. The minimum atomic E-state index is -4.34. The quantitative estimate of drug-likeness (QED) is 0.761. The standard InChI is InChI=1S/C10H7F3N2S/c11-10(12,13)7-2-1-3-8(6-7)15-5-4-14-9(15)16/h1-6H,(H,14,16). The maximum absolute atomic E-state index is 12.5. The van der Waals surface area contributed by atoms with E-state index in [2.05, 4.69) is 4.98 Å². The number of H-pyrrole nitrogens is 1. The first kappa shape index (κ1) is 10.9. The van der Waals surface area contributed by atoms with Gasteiger partial charge in [0, 0.05) is 18.1 Å². The lowest BCUT2D eigenvalue weighted by molar-refractivity contribution is -0.137. The van der Waals surface area contributed by atoms with Crippen LogP contribution in [0, 0.1) is 4.77 Å². The summed E-state index contributed by atoms with van der Waals surface area (Å²) < 4.78 is 39.2. The fourth-order valence-electron chi connectivity index (χ4n) is 1.36. The van der Waals surface area contributed by atoms with Gasteiger partial charge in [0.15, 0.2) is 4.77 Å². The summed E-state index contributed by atoms with van der Waals surface area (Å²) in [6.07, 6.45) is -1.19. The normalized spacial score (nSPS) is 11.7. The highest BCUT2D eigenvalue weighted by Gasteiger charge is 2.30. The molecule has 84 valence electrons. The Morgan fingerprint density at radius 1 is 1.25 bits per heavy atom. The molecule has 1 N–H and O–H groups in total. The maximum atomic E-state index is 12.5. The smallest absolute Gasteiger partial charge is 0.337 e. The first-order chi connectivity index (χ1) is 7.48. The second-order valence-corrected chi connectivity index (χ2v) is 3.57. The molecule has 0 aliphatic rings. The van der Waals surface area contributed by atoms with Crippen LogP contribution in [0.25, 0.3) is 5.69 Å². The van der Waals surface area contributed by atoms with Crippen LogP contribution in [0.1, 0.15) is 5.56 Å². The fraction of sp³-hybridized carbons (Fsp3) is 0.100. The summed E-state index contributed by atoms with van der Waals surface area (Å²) in [4.78, 5) is 2.72. The van der Waals surface area contributed by atoms with E-state index in [9.17, 15) is 13.2 Å². The van der Waals surface area contributed by atoms with Gasteiger partial charge in [-0.05, 0) is 30.4 Å². The van der Waals surface area contributed by atoms with Crippen molar-refractivity contribution in [1.82, 2.24) is 9.55 Å². The highest BCUT2D eigenvalue weighted by molar-refractivity contribution is 7.71. The van der Waals surface area contributed by atoms with Crippen molar-refractivity contribution < 1.29 is 13.2 Å². The van der Waals surface area contributed by atoms with Crippen LogP contribution < -0.4 is 0 Å². The second kappa shape index (κ2) is 3.79. The van der Waals surface area contributed by atoms with E-state index in [-0.39, 0.29) is 0 Å². The number of hydrogen-bond donors (Lipinski definition) is 1.